The number of para-hydroxylation sites is 1. The molecule has 3 nitrogen and oxygen atoms in total. The molecule has 0 radical (unpaired) electrons. The predicted molar refractivity (Wildman–Crippen MR) is 77.5 cm³/mol. The van der Waals surface area contributed by atoms with Gasteiger partial charge in [0.05, 0.1) is 6.61 Å². The van der Waals surface area contributed by atoms with Crippen LogP contribution >= 0.6 is 11.6 Å². The molecule has 0 amide bonds. The number of hydrogen-bond acceptors (Lipinski definition) is 3. The molecule has 2 rings (SSSR count). The molecule has 0 fully saturated rings. The minimum Gasteiger partial charge on any atom is -0.493 e. The second-order valence-corrected chi connectivity index (χ2v) is 4.58. The summed E-state index contributed by atoms with van der Waals surface area (Å²) in [5.74, 6) is 0.659. The van der Waals surface area contributed by atoms with Gasteiger partial charge in [0.25, 0.3) is 0 Å². The molecule has 0 aliphatic carbocycles. The molecule has 0 saturated carbocycles. The van der Waals surface area contributed by atoms with E-state index in [1.54, 1.807) is 18.2 Å². The molecule has 0 heterocycles. The largest absolute Gasteiger partial charge is 0.493 e. The van der Waals surface area contributed by atoms with Crippen molar-refractivity contribution in [2.45, 2.75) is 13.0 Å². The van der Waals surface area contributed by atoms with Gasteiger partial charge in [-0.2, -0.15) is 0 Å². The second kappa shape index (κ2) is 5.95. The number of nitrogens with two attached hydrogens (primary N) is 1. The predicted octanol–water partition coefficient (Wildman–Crippen LogP) is 3.40. The first kappa shape index (κ1) is 13.7. The topological polar surface area (TPSA) is 55.5 Å². The quantitative estimate of drug-likeness (QED) is 0.842. The number of anilines is 1. The molecular formula is C15H16ClNO2. The summed E-state index contributed by atoms with van der Waals surface area (Å²) in [5.41, 5.74) is 7.68. The van der Waals surface area contributed by atoms with Crippen LogP contribution in [0.5, 0.6) is 5.75 Å². The van der Waals surface area contributed by atoms with E-state index in [0.29, 0.717) is 34.2 Å². The highest BCUT2D eigenvalue weighted by molar-refractivity contribution is 6.30. The minimum atomic E-state index is -0.833. The highest BCUT2D eigenvalue weighted by Crippen LogP contribution is 2.33. The van der Waals surface area contributed by atoms with E-state index in [1.165, 1.54) is 0 Å². The van der Waals surface area contributed by atoms with Crippen LogP contribution in [0.1, 0.15) is 24.2 Å². The van der Waals surface area contributed by atoms with Gasteiger partial charge in [0.15, 0.2) is 0 Å². The van der Waals surface area contributed by atoms with Crippen LogP contribution in [0.15, 0.2) is 42.5 Å². The zero-order valence-electron chi connectivity index (χ0n) is 10.6. The standard InChI is InChI=1S/C15H16ClNO2/c1-2-19-14-6-4-3-5-12(14)15(18)11-8-7-10(16)9-13(11)17/h3-9,15,18H,2,17H2,1H3. The van der Waals surface area contributed by atoms with Crippen molar-refractivity contribution in [1.82, 2.24) is 0 Å². The lowest BCUT2D eigenvalue weighted by Gasteiger charge is -2.17. The Morgan fingerprint density at radius 1 is 1.21 bits per heavy atom. The zero-order chi connectivity index (χ0) is 13.8. The van der Waals surface area contributed by atoms with E-state index < -0.39 is 6.10 Å². The molecule has 1 atom stereocenters. The fourth-order valence-corrected chi connectivity index (χ4v) is 2.14. The van der Waals surface area contributed by atoms with E-state index in [1.807, 2.05) is 31.2 Å². The summed E-state index contributed by atoms with van der Waals surface area (Å²) in [5, 5.41) is 11.0. The van der Waals surface area contributed by atoms with Crippen LogP contribution in [-0.4, -0.2) is 11.7 Å². The maximum Gasteiger partial charge on any atom is 0.125 e. The van der Waals surface area contributed by atoms with Crippen molar-refractivity contribution in [3.05, 3.63) is 58.6 Å². The van der Waals surface area contributed by atoms with Crippen molar-refractivity contribution < 1.29 is 9.84 Å². The number of ether oxygens (including phenoxy) is 1. The Bertz CT molecular complexity index is 572. The number of aliphatic hydroxyl groups excluding tert-OH is 1. The van der Waals surface area contributed by atoms with Gasteiger partial charge >= 0.3 is 0 Å². The van der Waals surface area contributed by atoms with Crippen molar-refractivity contribution in [1.29, 1.82) is 0 Å². The summed E-state index contributed by atoms with van der Waals surface area (Å²) < 4.78 is 5.52. The zero-order valence-corrected chi connectivity index (χ0v) is 11.4. The molecular weight excluding hydrogens is 262 g/mol. The molecule has 100 valence electrons. The molecule has 2 aromatic carbocycles. The minimum absolute atomic E-state index is 0.464. The smallest absolute Gasteiger partial charge is 0.125 e. The van der Waals surface area contributed by atoms with E-state index in [4.69, 9.17) is 22.1 Å². The van der Waals surface area contributed by atoms with Crippen LogP contribution in [-0.2, 0) is 0 Å². The molecule has 0 spiro atoms. The first-order valence-corrected chi connectivity index (χ1v) is 6.46. The third-order valence-electron chi connectivity index (χ3n) is 2.86. The Hall–Kier alpha value is -1.71. The molecule has 0 aliphatic rings. The summed E-state index contributed by atoms with van der Waals surface area (Å²) in [6.07, 6.45) is -0.833. The molecule has 4 heteroatoms. The maximum absolute atomic E-state index is 10.5. The van der Waals surface area contributed by atoms with Crippen molar-refractivity contribution >= 4 is 17.3 Å². The summed E-state index contributed by atoms with van der Waals surface area (Å²) in [6, 6.07) is 12.4. The van der Waals surface area contributed by atoms with Crippen LogP contribution in [0.25, 0.3) is 0 Å². The van der Waals surface area contributed by atoms with Crippen LogP contribution in [0.4, 0.5) is 5.69 Å². The van der Waals surface area contributed by atoms with Crippen molar-refractivity contribution in [3.63, 3.8) is 0 Å². The lowest BCUT2D eigenvalue weighted by molar-refractivity contribution is 0.212. The van der Waals surface area contributed by atoms with E-state index in [2.05, 4.69) is 0 Å². The van der Waals surface area contributed by atoms with Gasteiger partial charge in [-0.3, -0.25) is 0 Å². The van der Waals surface area contributed by atoms with Gasteiger partial charge in [0.2, 0.25) is 0 Å². The van der Waals surface area contributed by atoms with Crippen molar-refractivity contribution in [2.24, 2.45) is 0 Å². The Morgan fingerprint density at radius 2 is 1.95 bits per heavy atom. The Kier molecular flexibility index (Phi) is 4.30. The van der Waals surface area contributed by atoms with Gasteiger partial charge in [0, 0.05) is 21.8 Å². The van der Waals surface area contributed by atoms with Crippen LogP contribution in [0.2, 0.25) is 5.02 Å². The summed E-state index contributed by atoms with van der Waals surface area (Å²) in [4.78, 5) is 0. The summed E-state index contributed by atoms with van der Waals surface area (Å²) in [6.45, 7) is 2.44. The molecule has 3 N–H and O–H groups in total. The Morgan fingerprint density at radius 3 is 2.63 bits per heavy atom. The van der Waals surface area contributed by atoms with Crippen LogP contribution in [0.3, 0.4) is 0 Å². The van der Waals surface area contributed by atoms with Crippen molar-refractivity contribution in [3.8, 4) is 5.75 Å². The van der Waals surface area contributed by atoms with E-state index >= 15 is 0 Å². The van der Waals surface area contributed by atoms with E-state index in [0.717, 1.165) is 0 Å². The molecule has 0 aromatic heterocycles. The maximum atomic E-state index is 10.5. The van der Waals surface area contributed by atoms with E-state index in [9.17, 15) is 5.11 Å². The van der Waals surface area contributed by atoms with Gasteiger partial charge in [-0.05, 0) is 25.1 Å². The second-order valence-electron chi connectivity index (χ2n) is 4.15. The van der Waals surface area contributed by atoms with Crippen LogP contribution in [0, 0.1) is 0 Å². The van der Waals surface area contributed by atoms with Gasteiger partial charge in [0.1, 0.15) is 11.9 Å². The van der Waals surface area contributed by atoms with Gasteiger partial charge in [-0.1, -0.05) is 35.9 Å². The van der Waals surface area contributed by atoms with Gasteiger partial charge in [-0.25, -0.2) is 0 Å². The van der Waals surface area contributed by atoms with Gasteiger partial charge < -0.3 is 15.6 Å². The number of rotatable bonds is 4. The lowest BCUT2D eigenvalue weighted by Crippen LogP contribution is -2.06. The molecule has 1 unspecified atom stereocenters. The normalized spacial score (nSPS) is 12.2. The average Bonchev–Trinajstić information content (AvgIpc) is 2.39. The van der Waals surface area contributed by atoms with E-state index in [-0.39, 0.29) is 0 Å². The van der Waals surface area contributed by atoms with Crippen molar-refractivity contribution in [2.75, 3.05) is 12.3 Å². The Balaban J connectivity index is 2.41. The number of aliphatic hydroxyl groups is 1. The fourth-order valence-electron chi connectivity index (χ4n) is 1.96. The Labute approximate surface area is 117 Å². The highest BCUT2D eigenvalue weighted by atomic mass is 35.5. The molecule has 19 heavy (non-hydrogen) atoms. The first-order valence-electron chi connectivity index (χ1n) is 6.08. The van der Waals surface area contributed by atoms with Gasteiger partial charge in [-0.15, -0.1) is 0 Å². The van der Waals surface area contributed by atoms with Crippen LogP contribution < -0.4 is 10.5 Å². The molecule has 0 bridgehead atoms. The number of nitrogen functional groups attached to an aromatic ring is 1. The third kappa shape index (κ3) is 3.00. The lowest BCUT2D eigenvalue weighted by atomic mass is 9.99. The number of hydrogen-bond donors (Lipinski definition) is 2. The SMILES string of the molecule is CCOc1ccccc1C(O)c1ccc(Cl)cc1N. The molecule has 0 aliphatic heterocycles. The molecule has 0 saturated heterocycles. The average molecular weight is 278 g/mol. The number of halogens is 1. The number of benzene rings is 2. The molecule has 2 aromatic rings. The first-order chi connectivity index (χ1) is 9.13. The fraction of sp³-hybridized carbons (Fsp3) is 0.200. The third-order valence-corrected chi connectivity index (χ3v) is 3.09. The summed E-state index contributed by atoms with van der Waals surface area (Å²) >= 11 is 5.86. The summed E-state index contributed by atoms with van der Waals surface area (Å²) in [7, 11) is 0. The highest BCUT2D eigenvalue weighted by Gasteiger charge is 2.17. The monoisotopic (exact) mass is 277 g/mol.